The molecule has 78 valence electrons. The van der Waals surface area contributed by atoms with Gasteiger partial charge < -0.3 is 10.1 Å². The minimum absolute atomic E-state index is 0.415. The molecule has 0 saturated heterocycles. The van der Waals surface area contributed by atoms with Crippen molar-refractivity contribution in [1.82, 2.24) is 5.32 Å². The molecule has 2 nitrogen and oxygen atoms in total. The van der Waals surface area contributed by atoms with Crippen LogP contribution in [-0.2, 0) is 4.74 Å². The van der Waals surface area contributed by atoms with Gasteiger partial charge in [0.15, 0.2) is 0 Å². The third-order valence-corrected chi connectivity index (χ3v) is 2.87. The average Bonchev–Trinajstić information content (AvgIpc) is 2.94. The highest BCUT2D eigenvalue weighted by Gasteiger charge is 2.27. The number of hydrogen-bond donors (Lipinski definition) is 1. The molecule has 0 spiro atoms. The van der Waals surface area contributed by atoms with Gasteiger partial charge in [-0.2, -0.15) is 0 Å². The molecule has 2 atom stereocenters. The third kappa shape index (κ3) is 4.63. The first-order valence-corrected chi connectivity index (χ1v) is 5.59. The van der Waals surface area contributed by atoms with E-state index in [0.717, 1.165) is 25.5 Å². The van der Waals surface area contributed by atoms with Gasteiger partial charge in [-0.05, 0) is 39.0 Å². The van der Waals surface area contributed by atoms with E-state index < -0.39 is 0 Å². The molecule has 1 rings (SSSR count). The number of hydrogen-bond acceptors (Lipinski definition) is 2. The molecule has 1 N–H and O–H groups in total. The van der Waals surface area contributed by atoms with Gasteiger partial charge in [0.2, 0.25) is 0 Å². The lowest BCUT2D eigenvalue weighted by atomic mass is 10.2. The van der Waals surface area contributed by atoms with Crippen LogP contribution in [0.25, 0.3) is 0 Å². The topological polar surface area (TPSA) is 21.3 Å². The summed E-state index contributed by atoms with van der Waals surface area (Å²) in [5, 5.41) is 3.50. The van der Waals surface area contributed by atoms with Crippen LogP contribution in [-0.4, -0.2) is 25.3 Å². The van der Waals surface area contributed by atoms with Crippen LogP contribution < -0.4 is 5.32 Å². The fraction of sp³-hybridized carbons (Fsp3) is 1.00. The first kappa shape index (κ1) is 11.0. The Hall–Kier alpha value is -0.0800. The predicted molar refractivity (Wildman–Crippen MR) is 55.9 cm³/mol. The smallest absolute Gasteiger partial charge is 0.0594 e. The Balaban J connectivity index is 1.88. The maximum atomic E-state index is 5.58. The van der Waals surface area contributed by atoms with Gasteiger partial charge in [-0.3, -0.25) is 0 Å². The van der Waals surface area contributed by atoms with E-state index in [-0.39, 0.29) is 0 Å². The van der Waals surface area contributed by atoms with E-state index in [1.165, 1.54) is 12.8 Å². The molecule has 1 aliphatic carbocycles. The van der Waals surface area contributed by atoms with Gasteiger partial charge in [0.25, 0.3) is 0 Å². The third-order valence-electron chi connectivity index (χ3n) is 2.87. The Labute approximate surface area is 82.0 Å². The van der Waals surface area contributed by atoms with Crippen molar-refractivity contribution in [1.29, 1.82) is 0 Å². The van der Waals surface area contributed by atoms with Crippen LogP contribution in [0.5, 0.6) is 0 Å². The Morgan fingerprint density at radius 1 is 1.38 bits per heavy atom. The van der Waals surface area contributed by atoms with Gasteiger partial charge in [-0.25, -0.2) is 0 Å². The molecule has 2 heteroatoms. The number of nitrogens with one attached hydrogen (secondary N) is 1. The number of ether oxygens (including phenoxy) is 1. The van der Waals surface area contributed by atoms with Crippen molar-refractivity contribution in [2.75, 3.05) is 13.2 Å². The summed E-state index contributed by atoms with van der Waals surface area (Å²) in [4.78, 5) is 0. The van der Waals surface area contributed by atoms with Crippen molar-refractivity contribution in [2.45, 2.75) is 52.2 Å². The summed E-state index contributed by atoms with van der Waals surface area (Å²) in [7, 11) is 0. The molecule has 1 aliphatic rings. The molecule has 0 aromatic rings. The average molecular weight is 185 g/mol. The Bertz CT molecular complexity index is 134. The van der Waals surface area contributed by atoms with Gasteiger partial charge in [0.1, 0.15) is 0 Å². The Morgan fingerprint density at radius 2 is 2.08 bits per heavy atom. The molecular weight excluding hydrogens is 162 g/mol. The molecule has 2 unspecified atom stereocenters. The second-order valence-electron chi connectivity index (χ2n) is 4.17. The standard InChI is InChI=1S/C11H23NO/c1-4-9(2)13-8-7-12-10(3)11-5-6-11/h9-12H,4-8H2,1-3H3. The molecule has 13 heavy (non-hydrogen) atoms. The Kier molecular flexibility index (Phi) is 4.74. The molecule has 1 fully saturated rings. The Morgan fingerprint density at radius 3 is 2.62 bits per heavy atom. The summed E-state index contributed by atoms with van der Waals surface area (Å²) in [5.41, 5.74) is 0. The van der Waals surface area contributed by atoms with Crippen molar-refractivity contribution in [3.05, 3.63) is 0 Å². The van der Waals surface area contributed by atoms with E-state index in [4.69, 9.17) is 4.74 Å². The lowest BCUT2D eigenvalue weighted by Gasteiger charge is -2.14. The van der Waals surface area contributed by atoms with E-state index in [1.807, 2.05) is 0 Å². The summed E-state index contributed by atoms with van der Waals surface area (Å²) >= 11 is 0. The minimum atomic E-state index is 0.415. The van der Waals surface area contributed by atoms with Gasteiger partial charge >= 0.3 is 0 Å². The van der Waals surface area contributed by atoms with Crippen LogP contribution in [0.1, 0.15) is 40.0 Å². The molecule has 1 saturated carbocycles. The normalized spacial score (nSPS) is 21.5. The van der Waals surface area contributed by atoms with Gasteiger partial charge in [0, 0.05) is 12.6 Å². The highest BCUT2D eigenvalue weighted by molar-refractivity contribution is 4.82. The fourth-order valence-electron chi connectivity index (χ4n) is 1.43. The summed E-state index contributed by atoms with van der Waals surface area (Å²) < 4.78 is 5.58. The van der Waals surface area contributed by atoms with E-state index >= 15 is 0 Å². The van der Waals surface area contributed by atoms with Crippen LogP contribution in [0.15, 0.2) is 0 Å². The summed E-state index contributed by atoms with van der Waals surface area (Å²) in [6, 6.07) is 0.695. The molecular formula is C11H23NO. The lowest BCUT2D eigenvalue weighted by molar-refractivity contribution is 0.0642. The molecule has 0 aromatic carbocycles. The first-order chi connectivity index (χ1) is 6.24. The zero-order valence-corrected chi connectivity index (χ0v) is 9.18. The summed E-state index contributed by atoms with van der Waals surface area (Å²) in [6.45, 7) is 8.42. The quantitative estimate of drug-likeness (QED) is 0.614. The van der Waals surface area contributed by atoms with Crippen molar-refractivity contribution < 1.29 is 4.74 Å². The largest absolute Gasteiger partial charge is 0.377 e. The second-order valence-corrected chi connectivity index (χ2v) is 4.17. The van der Waals surface area contributed by atoms with Crippen LogP contribution in [0, 0.1) is 5.92 Å². The maximum absolute atomic E-state index is 5.58. The van der Waals surface area contributed by atoms with Crippen molar-refractivity contribution >= 4 is 0 Å². The highest BCUT2D eigenvalue weighted by Crippen LogP contribution is 2.32. The zero-order valence-electron chi connectivity index (χ0n) is 9.18. The van der Waals surface area contributed by atoms with Crippen LogP contribution >= 0.6 is 0 Å². The maximum Gasteiger partial charge on any atom is 0.0594 e. The molecule has 0 heterocycles. The second kappa shape index (κ2) is 5.61. The zero-order chi connectivity index (χ0) is 9.68. The van der Waals surface area contributed by atoms with Crippen molar-refractivity contribution in [3.8, 4) is 0 Å². The van der Waals surface area contributed by atoms with E-state index in [0.29, 0.717) is 12.1 Å². The van der Waals surface area contributed by atoms with E-state index in [1.54, 1.807) is 0 Å². The van der Waals surface area contributed by atoms with Gasteiger partial charge in [-0.1, -0.05) is 6.92 Å². The van der Waals surface area contributed by atoms with Gasteiger partial charge in [0.05, 0.1) is 12.7 Å². The molecule has 0 radical (unpaired) electrons. The molecule has 0 bridgehead atoms. The molecule has 0 amide bonds. The lowest BCUT2D eigenvalue weighted by Crippen LogP contribution is -2.31. The predicted octanol–water partition coefficient (Wildman–Crippen LogP) is 2.19. The van der Waals surface area contributed by atoms with Crippen LogP contribution in [0.2, 0.25) is 0 Å². The minimum Gasteiger partial charge on any atom is -0.377 e. The number of rotatable bonds is 7. The van der Waals surface area contributed by atoms with Crippen LogP contribution in [0.4, 0.5) is 0 Å². The summed E-state index contributed by atoms with van der Waals surface area (Å²) in [6.07, 6.45) is 4.36. The highest BCUT2D eigenvalue weighted by atomic mass is 16.5. The van der Waals surface area contributed by atoms with E-state index in [9.17, 15) is 0 Å². The van der Waals surface area contributed by atoms with E-state index in [2.05, 4.69) is 26.1 Å². The van der Waals surface area contributed by atoms with Crippen molar-refractivity contribution in [2.24, 2.45) is 5.92 Å². The van der Waals surface area contributed by atoms with Gasteiger partial charge in [-0.15, -0.1) is 0 Å². The summed E-state index contributed by atoms with van der Waals surface area (Å²) in [5.74, 6) is 0.948. The van der Waals surface area contributed by atoms with Crippen molar-refractivity contribution in [3.63, 3.8) is 0 Å². The molecule has 0 aromatic heterocycles. The SMILES string of the molecule is CCC(C)OCCNC(C)C1CC1. The monoisotopic (exact) mass is 185 g/mol. The van der Waals surface area contributed by atoms with Crippen LogP contribution in [0.3, 0.4) is 0 Å². The fourth-order valence-corrected chi connectivity index (χ4v) is 1.43. The first-order valence-electron chi connectivity index (χ1n) is 5.59. The molecule has 0 aliphatic heterocycles.